The van der Waals surface area contributed by atoms with Gasteiger partial charge in [-0.1, -0.05) is 12.1 Å². The summed E-state index contributed by atoms with van der Waals surface area (Å²) in [7, 11) is 6.55. The molecule has 1 aliphatic heterocycles. The van der Waals surface area contributed by atoms with Crippen LogP contribution in [0.15, 0.2) is 48.8 Å². The first kappa shape index (κ1) is 20.6. The van der Waals surface area contributed by atoms with Gasteiger partial charge in [0.15, 0.2) is 0 Å². The van der Waals surface area contributed by atoms with Crippen LogP contribution < -0.4 is 0 Å². The number of halogens is 1. The number of piperidine rings is 1. The Bertz CT molecular complexity index is 939. The summed E-state index contributed by atoms with van der Waals surface area (Å²) in [5, 5.41) is 0. The lowest BCUT2D eigenvalue weighted by molar-refractivity contribution is 0.252. The van der Waals surface area contributed by atoms with E-state index in [2.05, 4.69) is 99.9 Å². The van der Waals surface area contributed by atoms with Crippen molar-refractivity contribution in [1.82, 2.24) is 19.8 Å². The van der Waals surface area contributed by atoms with Crippen molar-refractivity contribution in [2.45, 2.75) is 25.3 Å². The Morgan fingerprint density at radius 3 is 2.31 bits per heavy atom. The highest BCUT2D eigenvalue weighted by atomic mass is 127. The number of hydrogen-bond donors (Lipinski definition) is 1. The fraction of sp³-hybridized carbons (Fsp3) is 0.375. The summed E-state index contributed by atoms with van der Waals surface area (Å²) in [5.41, 5.74) is 7.91. The van der Waals surface area contributed by atoms with Crippen molar-refractivity contribution >= 4 is 22.6 Å². The van der Waals surface area contributed by atoms with Crippen LogP contribution in [0.3, 0.4) is 0 Å². The number of rotatable bonds is 5. The van der Waals surface area contributed by atoms with Crippen molar-refractivity contribution in [1.29, 1.82) is 0 Å². The van der Waals surface area contributed by atoms with Crippen molar-refractivity contribution in [2.75, 3.05) is 34.2 Å². The molecule has 1 N–H and O–H groups in total. The lowest BCUT2D eigenvalue weighted by atomic mass is 9.89. The second-order valence-corrected chi connectivity index (χ2v) is 9.57. The van der Waals surface area contributed by atoms with Gasteiger partial charge in [0.05, 0.1) is 5.69 Å². The summed E-state index contributed by atoms with van der Waals surface area (Å²) in [4.78, 5) is 12.9. The van der Waals surface area contributed by atoms with E-state index in [0.717, 1.165) is 19.6 Å². The Hall–Kier alpha value is -1.70. The lowest BCUT2D eigenvalue weighted by Crippen LogP contribution is -2.30. The molecule has 29 heavy (non-hydrogen) atoms. The summed E-state index contributed by atoms with van der Waals surface area (Å²) in [6.45, 7) is 3.25. The Labute approximate surface area is 187 Å². The summed E-state index contributed by atoms with van der Waals surface area (Å²) < 4.78 is 1.26. The van der Waals surface area contributed by atoms with Crippen LogP contribution in [0.2, 0.25) is 0 Å². The highest BCUT2D eigenvalue weighted by Crippen LogP contribution is 2.41. The van der Waals surface area contributed by atoms with E-state index in [9.17, 15) is 0 Å². The Morgan fingerprint density at radius 2 is 1.69 bits per heavy atom. The minimum atomic E-state index is 0.583. The molecule has 1 aromatic carbocycles. The molecule has 1 saturated heterocycles. The van der Waals surface area contributed by atoms with E-state index >= 15 is 0 Å². The molecular formula is C24H29IN4. The Morgan fingerprint density at radius 1 is 1.03 bits per heavy atom. The third-order valence-electron chi connectivity index (χ3n) is 5.84. The van der Waals surface area contributed by atoms with E-state index in [1.807, 2.05) is 12.4 Å². The molecule has 4 rings (SSSR count). The van der Waals surface area contributed by atoms with Gasteiger partial charge in [0.2, 0.25) is 0 Å². The molecule has 0 radical (unpaired) electrons. The van der Waals surface area contributed by atoms with Gasteiger partial charge in [-0.2, -0.15) is 0 Å². The summed E-state index contributed by atoms with van der Waals surface area (Å²) in [6.07, 6.45) is 6.21. The van der Waals surface area contributed by atoms with E-state index in [1.54, 1.807) is 0 Å². The zero-order chi connectivity index (χ0) is 20.4. The number of H-pyrrole nitrogens is 1. The van der Waals surface area contributed by atoms with Gasteiger partial charge in [0.1, 0.15) is 0 Å². The smallest absolute Gasteiger partial charge is 0.0539 e. The SMILES string of the molecule is CN(C)Cc1c(C2CCN(C)CC2)[nH]c(-c2ccc(I)cc2)c1-c1ccncc1. The first-order valence-electron chi connectivity index (χ1n) is 10.3. The highest BCUT2D eigenvalue weighted by molar-refractivity contribution is 14.1. The predicted molar refractivity (Wildman–Crippen MR) is 129 cm³/mol. The molecule has 3 aromatic rings. The van der Waals surface area contributed by atoms with Gasteiger partial charge in [-0.15, -0.1) is 0 Å². The number of likely N-dealkylation sites (tertiary alicyclic amines) is 1. The van der Waals surface area contributed by atoms with Crippen LogP contribution in [0.1, 0.15) is 30.0 Å². The molecule has 1 aliphatic rings. The zero-order valence-corrected chi connectivity index (χ0v) is 19.6. The molecule has 152 valence electrons. The van der Waals surface area contributed by atoms with Crippen LogP contribution in [-0.2, 0) is 6.54 Å². The molecule has 0 aliphatic carbocycles. The second-order valence-electron chi connectivity index (χ2n) is 8.33. The van der Waals surface area contributed by atoms with E-state index < -0.39 is 0 Å². The summed E-state index contributed by atoms with van der Waals surface area (Å²) in [5.74, 6) is 0.583. The number of pyridine rings is 1. The van der Waals surface area contributed by atoms with Crippen LogP contribution in [0, 0.1) is 3.57 Å². The average molecular weight is 500 g/mol. The summed E-state index contributed by atoms with van der Waals surface area (Å²) in [6, 6.07) is 13.1. The van der Waals surface area contributed by atoms with E-state index in [0.29, 0.717) is 5.92 Å². The number of nitrogens with one attached hydrogen (secondary N) is 1. The van der Waals surface area contributed by atoms with Gasteiger partial charge in [-0.25, -0.2) is 0 Å². The Kier molecular flexibility index (Phi) is 6.37. The first-order chi connectivity index (χ1) is 14.0. The quantitative estimate of drug-likeness (QED) is 0.488. The van der Waals surface area contributed by atoms with Crippen molar-refractivity contribution < 1.29 is 0 Å². The third-order valence-corrected chi connectivity index (χ3v) is 6.56. The molecule has 0 atom stereocenters. The van der Waals surface area contributed by atoms with Crippen LogP contribution in [0.4, 0.5) is 0 Å². The van der Waals surface area contributed by atoms with Crippen LogP contribution in [0.25, 0.3) is 22.4 Å². The molecule has 0 bridgehead atoms. The molecule has 2 aromatic heterocycles. The van der Waals surface area contributed by atoms with E-state index in [-0.39, 0.29) is 0 Å². The van der Waals surface area contributed by atoms with Crippen LogP contribution >= 0.6 is 22.6 Å². The van der Waals surface area contributed by atoms with Crippen molar-refractivity contribution in [2.24, 2.45) is 0 Å². The van der Waals surface area contributed by atoms with E-state index in [1.165, 1.54) is 50.1 Å². The molecule has 4 nitrogen and oxygen atoms in total. The molecule has 5 heteroatoms. The molecule has 1 fully saturated rings. The zero-order valence-electron chi connectivity index (χ0n) is 17.5. The number of benzene rings is 1. The molecule has 3 heterocycles. The molecule has 0 amide bonds. The maximum absolute atomic E-state index is 4.25. The largest absolute Gasteiger partial charge is 0.357 e. The third kappa shape index (κ3) is 4.57. The van der Waals surface area contributed by atoms with Crippen LogP contribution in [-0.4, -0.2) is 54.0 Å². The average Bonchev–Trinajstić information content (AvgIpc) is 3.08. The monoisotopic (exact) mass is 500 g/mol. The van der Waals surface area contributed by atoms with Crippen molar-refractivity contribution in [3.63, 3.8) is 0 Å². The molecule has 0 unspecified atom stereocenters. The first-order valence-corrected chi connectivity index (χ1v) is 11.3. The highest BCUT2D eigenvalue weighted by Gasteiger charge is 2.27. The van der Waals surface area contributed by atoms with Crippen LogP contribution in [0.5, 0.6) is 0 Å². The number of aromatic amines is 1. The molecular weight excluding hydrogens is 471 g/mol. The van der Waals surface area contributed by atoms with Gasteiger partial charge < -0.3 is 14.8 Å². The van der Waals surface area contributed by atoms with Gasteiger partial charge in [0.25, 0.3) is 0 Å². The maximum Gasteiger partial charge on any atom is 0.0539 e. The lowest BCUT2D eigenvalue weighted by Gasteiger charge is -2.29. The predicted octanol–water partition coefficient (Wildman–Crippen LogP) is 5.22. The summed E-state index contributed by atoms with van der Waals surface area (Å²) >= 11 is 2.37. The van der Waals surface area contributed by atoms with E-state index in [4.69, 9.17) is 0 Å². The number of aromatic nitrogens is 2. The number of hydrogen-bond acceptors (Lipinski definition) is 3. The normalized spacial score (nSPS) is 15.9. The minimum Gasteiger partial charge on any atom is -0.357 e. The topological polar surface area (TPSA) is 35.2 Å². The minimum absolute atomic E-state index is 0.583. The fourth-order valence-electron chi connectivity index (χ4n) is 4.35. The van der Waals surface area contributed by atoms with Gasteiger partial charge in [-0.3, -0.25) is 4.98 Å². The second kappa shape index (κ2) is 8.98. The number of nitrogens with zero attached hydrogens (tertiary/aromatic N) is 3. The molecule has 0 saturated carbocycles. The van der Waals surface area contributed by atoms with Gasteiger partial charge >= 0.3 is 0 Å². The maximum atomic E-state index is 4.25. The van der Waals surface area contributed by atoms with Gasteiger partial charge in [0, 0.05) is 39.7 Å². The van der Waals surface area contributed by atoms with Crippen molar-refractivity contribution in [3.05, 3.63) is 63.6 Å². The Balaban J connectivity index is 1.90. The van der Waals surface area contributed by atoms with Gasteiger partial charge in [-0.05, 0) is 111 Å². The van der Waals surface area contributed by atoms with Crippen molar-refractivity contribution in [3.8, 4) is 22.4 Å². The fourth-order valence-corrected chi connectivity index (χ4v) is 4.71. The standard InChI is InChI=1S/C24H29IN4/c1-28(2)16-21-22(17-8-12-26-13-9-17)24(18-4-6-20(25)7-5-18)27-23(21)19-10-14-29(3)15-11-19/h4-9,12-13,19,27H,10-11,14-16H2,1-3H3. The molecule has 0 spiro atoms.